The Morgan fingerprint density at radius 3 is 2.70 bits per heavy atom. The van der Waals surface area contributed by atoms with Crippen molar-refractivity contribution >= 4 is 5.94 Å². The fourth-order valence-electron chi connectivity index (χ4n) is 0.956. The molecule has 1 aliphatic rings. The lowest BCUT2D eigenvalue weighted by molar-refractivity contribution is 0.396. The van der Waals surface area contributed by atoms with Crippen molar-refractivity contribution in [3.63, 3.8) is 0 Å². The fourth-order valence-corrected chi connectivity index (χ4v) is 0.956. The van der Waals surface area contributed by atoms with Crippen molar-refractivity contribution in [3.8, 4) is 0 Å². The Bertz CT molecular complexity index is 172. The van der Waals surface area contributed by atoms with Crippen molar-refractivity contribution in [3.05, 3.63) is 5.70 Å². The molecule has 0 radical (unpaired) electrons. The molecule has 0 saturated carbocycles. The minimum Gasteiger partial charge on any atom is -0.374 e. The van der Waals surface area contributed by atoms with Crippen molar-refractivity contribution in [1.29, 1.82) is 0 Å². The summed E-state index contributed by atoms with van der Waals surface area (Å²) in [6.07, 6.45) is 0. The Balaban J connectivity index is 2.57. The minimum atomic E-state index is 0.324. The highest BCUT2D eigenvalue weighted by atomic mass is 16.1. The van der Waals surface area contributed by atoms with E-state index >= 15 is 0 Å². The van der Waals surface area contributed by atoms with Crippen molar-refractivity contribution in [2.45, 2.75) is 25.9 Å². The van der Waals surface area contributed by atoms with Crippen LogP contribution in [0.2, 0.25) is 0 Å². The molecule has 1 saturated heterocycles. The standard InChI is InChI=1S/C7H12N2O/c1-5-6(2)9-7(4-10)3-8-5/h5-6,8-9H,3H2,1-2H3. The largest absolute Gasteiger partial charge is 0.374 e. The molecule has 1 aliphatic heterocycles. The smallest absolute Gasteiger partial charge is 0.146 e. The Morgan fingerprint density at radius 2 is 2.20 bits per heavy atom. The molecule has 56 valence electrons. The lowest BCUT2D eigenvalue weighted by atomic mass is 10.1. The molecule has 2 unspecified atom stereocenters. The summed E-state index contributed by atoms with van der Waals surface area (Å²) in [6.45, 7) is 4.74. The molecule has 10 heavy (non-hydrogen) atoms. The van der Waals surface area contributed by atoms with Gasteiger partial charge in [0.2, 0.25) is 0 Å². The first kappa shape index (κ1) is 7.32. The first-order valence-electron chi connectivity index (χ1n) is 3.48. The molecule has 3 heteroatoms. The molecular weight excluding hydrogens is 128 g/mol. The SMILES string of the molecule is CC1NCC(=C=O)NC1C. The third kappa shape index (κ3) is 1.38. The molecule has 1 rings (SSSR count). The van der Waals surface area contributed by atoms with Crippen LogP contribution in [-0.2, 0) is 4.79 Å². The molecule has 0 aliphatic carbocycles. The molecule has 0 aromatic carbocycles. The van der Waals surface area contributed by atoms with E-state index in [1.54, 1.807) is 0 Å². The topological polar surface area (TPSA) is 41.1 Å². The van der Waals surface area contributed by atoms with E-state index in [1.807, 2.05) is 12.9 Å². The van der Waals surface area contributed by atoms with Gasteiger partial charge in [0.05, 0.1) is 0 Å². The van der Waals surface area contributed by atoms with Gasteiger partial charge in [0, 0.05) is 18.6 Å². The first-order valence-corrected chi connectivity index (χ1v) is 3.48. The quantitative estimate of drug-likeness (QED) is 0.453. The average Bonchev–Trinajstić information content (AvgIpc) is 1.95. The van der Waals surface area contributed by atoms with Gasteiger partial charge in [0.1, 0.15) is 11.6 Å². The fraction of sp³-hybridized carbons (Fsp3) is 0.714. The number of nitrogens with one attached hydrogen (secondary N) is 2. The predicted molar refractivity (Wildman–Crippen MR) is 39.3 cm³/mol. The molecular formula is C7H12N2O. The third-order valence-electron chi connectivity index (χ3n) is 1.88. The van der Waals surface area contributed by atoms with Gasteiger partial charge in [0.25, 0.3) is 0 Å². The molecule has 2 N–H and O–H groups in total. The summed E-state index contributed by atoms with van der Waals surface area (Å²) in [5, 5.41) is 6.22. The van der Waals surface area contributed by atoms with Crippen LogP contribution in [0.3, 0.4) is 0 Å². The van der Waals surface area contributed by atoms with Gasteiger partial charge >= 0.3 is 0 Å². The van der Waals surface area contributed by atoms with Gasteiger partial charge in [-0.2, -0.15) is 0 Å². The molecule has 1 fully saturated rings. The zero-order valence-corrected chi connectivity index (χ0v) is 6.27. The summed E-state index contributed by atoms with van der Waals surface area (Å²) in [4.78, 5) is 10.1. The van der Waals surface area contributed by atoms with Crippen LogP contribution in [0.25, 0.3) is 0 Å². The van der Waals surface area contributed by atoms with Crippen molar-refractivity contribution < 1.29 is 4.79 Å². The van der Waals surface area contributed by atoms with Gasteiger partial charge in [-0.05, 0) is 13.8 Å². The number of carbonyl (C=O) groups excluding carboxylic acids is 1. The van der Waals surface area contributed by atoms with E-state index in [4.69, 9.17) is 0 Å². The van der Waals surface area contributed by atoms with Crippen LogP contribution in [-0.4, -0.2) is 24.6 Å². The van der Waals surface area contributed by atoms with E-state index in [0.717, 1.165) is 0 Å². The van der Waals surface area contributed by atoms with E-state index in [0.29, 0.717) is 24.3 Å². The second-order valence-electron chi connectivity index (χ2n) is 2.68. The molecule has 0 bridgehead atoms. The molecule has 0 spiro atoms. The molecule has 0 aromatic rings. The molecule has 1 heterocycles. The Kier molecular flexibility index (Phi) is 2.10. The number of rotatable bonds is 0. The van der Waals surface area contributed by atoms with Crippen molar-refractivity contribution in [2.75, 3.05) is 6.54 Å². The van der Waals surface area contributed by atoms with Crippen molar-refractivity contribution in [2.24, 2.45) is 0 Å². The van der Waals surface area contributed by atoms with Crippen LogP contribution >= 0.6 is 0 Å². The van der Waals surface area contributed by atoms with Gasteiger partial charge in [-0.3, -0.25) is 0 Å². The van der Waals surface area contributed by atoms with Crippen LogP contribution < -0.4 is 10.6 Å². The van der Waals surface area contributed by atoms with E-state index in [-0.39, 0.29) is 0 Å². The van der Waals surface area contributed by atoms with E-state index in [1.165, 1.54) is 0 Å². The Hall–Kier alpha value is -0.790. The lowest BCUT2D eigenvalue weighted by Crippen LogP contribution is -2.51. The van der Waals surface area contributed by atoms with Gasteiger partial charge in [-0.25, -0.2) is 4.79 Å². The number of hydrogen-bond acceptors (Lipinski definition) is 3. The summed E-state index contributed by atoms with van der Waals surface area (Å²) >= 11 is 0. The first-order chi connectivity index (χ1) is 4.74. The van der Waals surface area contributed by atoms with Crippen LogP contribution in [0.1, 0.15) is 13.8 Å². The highest BCUT2D eigenvalue weighted by Gasteiger charge is 2.18. The summed E-state index contributed by atoms with van der Waals surface area (Å²) in [6, 6.07) is 0.752. The highest BCUT2D eigenvalue weighted by Crippen LogP contribution is 2.00. The normalized spacial score (nSPS) is 32.8. The second-order valence-corrected chi connectivity index (χ2v) is 2.68. The van der Waals surface area contributed by atoms with Crippen LogP contribution in [0.15, 0.2) is 5.70 Å². The van der Waals surface area contributed by atoms with Gasteiger partial charge < -0.3 is 10.6 Å². The van der Waals surface area contributed by atoms with Crippen LogP contribution in [0.5, 0.6) is 0 Å². The zero-order valence-electron chi connectivity index (χ0n) is 6.27. The van der Waals surface area contributed by atoms with Crippen LogP contribution in [0.4, 0.5) is 0 Å². The summed E-state index contributed by atoms with van der Waals surface area (Å²) in [7, 11) is 0. The molecule has 3 nitrogen and oxygen atoms in total. The van der Waals surface area contributed by atoms with E-state index in [2.05, 4.69) is 17.6 Å². The molecule has 0 amide bonds. The average molecular weight is 140 g/mol. The Morgan fingerprint density at radius 1 is 1.50 bits per heavy atom. The van der Waals surface area contributed by atoms with Gasteiger partial charge in [-0.1, -0.05) is 0 Å². The maximum Gasteiger partial charge on any atom is 0.146 e. The monoisotopic (exact) mass is 140 g/mol. The Labute approximate surface area is 60.5 Å². The number of hydrogen-bond donors (Lipinski definition) is 2. The predicted octanol–water partition coefficient (Wildman–Crippen LogP) is -0.328. The van der Waals surface area contributed by atoms with Crippen molar-refractivity contribution in [1.82, 2.24) is 10.6 Å². The summed E-state index contributed by atoms with van der Waals surface area (Å²) in [5.41, 5.74) is 0.630. The van der Waals surface area contributed by atoms with Gasteiger partial charge in [0.15, 0.2) is 0 Å². The minimum absolute atomic E-state index is 0.324. The van der Waals surface area contributed by atoms with Gasteiger partial charge in [-0.15, -0.1) is 0 Å². The van der Waals surface area contributed by atoms with E-state index < -0.39 is 0 Å². The highest BCUT2D eigenvalue weighted by molar-refractivity contribution is 5.52. The number of piperazine rings is 1. The second kappa shape index (κ2) is 2.86. The van der Waals surface area contributed by atoms with Crippen LogP contribution in [0, 0.1) is 0 Å². The summed E-state index contributed by atoms with van der Waals surface area (Å²) in [5.74, 6) is 1.85. The summed E-state index contributed by atoms with van der Waals surface area (Å²) < 4.78 is 0. The molecule has 2 atom stereocenters. The maximum absolute atomic E-state index is 10.1. The molecule has 0 aromatic heterocycles. The lowest BCUT2D eigenvalue weighted by Gasteiger charge is -2.29. The van der Waals surface area contributed by atoms with E-state index in [9.17, 15) is 4.79 Å². The third-order valence-corrected chi connectivity index (χ3v) is 1.88. The maximum atomic E-state index is 10.1. The zero-order chi connectivity index (χ0) is 7.56.